The van der Waals surface area contributed by atoms with E-state index in [-0.39, 0.29) is 0 Å². The van der Waals surface area contributed by atoms with Gasteiger partial charge >= 0.3 is 0 Å². The number of halogens is 1. The van der Waals surface area contributed by atoms with Gasteiger partial charge in [-0.2, -0.15) is 0 Å². The highest BCUT2D eigenvalue weighted by Gasteiger charge is 2.26. The maximum atomic E-state index is 5.86. The number of rotatable bonds is 4. The predicted octanol–water partition coefficient (Wildman–Crippen LogP) is 3.22. The van der Waals surface area contributed by atoms with Crippen molar-refractivity contribution in [2.24, 2.45) is 0 Å². The Morgan fingerprint density at radius 1 is 1.00 bits per heavy atom. The highest BCUT2D eigenvalue weighted by molar-refractivity contribution is 6.29. The summed E-state index contributed by atoms with van der Waals surface area (Å²) < 4.78 is 0. The molecule has 0 amide bonds. The van der Waals surface area contributed by atoms with Gasteiger partial charge in [-0.1, -0.05) is 48.0 Å². The van der Waals surface area contributed by atoms with Gasteiger partial charge in [-0.15, -0.1) is 0 Å². The van der Waals surface area contributed by atoms with Crippen LogP contribution < -0.4 is 5.43 Å². The van der Waals surface area contributed by atoms with E-state index in [1.54, 1.807) is 5.57 Å². The minimum absolute atomic E-state index is 0.552. The first kappa shape index (κ1) is 15.6. The van der Waals surface area contributed by atoms with Crippen molar-refractivity contribution in [2.75, 3.05) is 19.6 Å². The maximum Gasteiger partial charge on any atom is 0.129 e. The van der Waals surface area contributed by atoms with Gasteiger partial charge in [0.2, 0.25) is 0 Å². The van der Waals surface area contributed by atoms with Crippen LogP contribution in [-0.4, -0.2) is 34.5 Å². The zero-order valence-corrected chi connectivity index (χ0v) is 14.3. The third-order valence-electron chi connectivity index (χ3n) is 4.62. The minimum Gasteiger partial charge on any atom is -0.321 e. The van der Waals surface area contributed by atoms with Crippen molar-refractivity contribution in [1.29, 1.82) is 0 Å². The quantitative estimate of drug-likeness (QED) is 0.866. The van der Waals surface area contributed by atoms with Crippen molar-refractivity contribution in [3.8, 4) is 0 Å². The predicted molar refractivity (Wildman–Crippen MR) is 96.2 cm³/mol. The van der Waals surface area contributed by atoms with Gasteiger partial charge in [-0.05, 0) is 29.2 Å². The lowest BCUT2D eigenvalue weighted by atomic mass is 10.1. The fourth-order valence-electron chi connectivity index (χ4n) is 3.40. The van der Waals surface area contributed by atoms with Crippen LogP contribution in [0.5, 0.6) is 0 Å². The summed E-state index contributed by atoms with van der Waals surface area (Å²) in [5, 5.41) is 2.87. The van der Waals surface area contributed by atoms with Crippen molar-refractivity contribution in [3.05, 3.63) is 76.2 Å². The molecule has 5 heteroatoms. The minimum atomic E-state index is 0.552. The van der Waals surface area contributed by atoms with Crippen molar-refractivity contribution < 1.29 is 0 Å². The molecule has 0 aliphatic carbocycles. The van der Waals surface area contributed by atoms with E-state index in [0.29, 0.717) is 5.15 Å². The molecule has 0 atom stereocenters. The highest BCUT2D eigenvalue weighted by Crippen LogP contribution is 2.24. The van der Waals surface area contributed by atoms with Gasteiger partial charge in [0.25, 0.3) is 0 Å². The normalized spacial score (nSPS) is 18.5. The summed E-state index contributed by atoms with van der Waals surface area (Å²) >= 11 is 5.86. The molecule has 0 spiro atoms. The van der Waals surface area contributed by atoms with Gasteiger partial charge in [-0.25, -0.2) is 9.99 Å². The SMILES string of the molecule is Clc1ccc(CN2CCC3=C(C2)NN(Cc2ccccc2)C3)cn1. The third-order valence-corrected chi connectivity index (χ3v) is 4.85. The molecule has 24 heavy (non-hydrogen) atoms. The fourth-order valence-corrected chi connectivity index (χ4v) is 3.51. The molecule has 2 aromatic rings. The molecule has 1 aromatic carbocycles. The molecular formula is C19H21ClN4. The van der Waals surface area contributed by atoms with Crippen LogP contribution in [0.2, 0.25) is 5.15 Å². The zero-order valence-electron chi connectivity index (χ0n) is 13.6. The smallest absolute Gasteiger partial charge is 0.129 e. The summed E-state index contributed by atoms with van der Waals surface area (Å²) in [4.78, 5) is 6.63. The van der Waals surface area contributed by atoms with Gasteiger partial charge in [0, 0.05) is 44.6 Å². The molecule has 2 aliphatic heterocycles. The zero-order chi connectivity index (χ0) is 16.4. The summed E-state index contributed by atoms with van der Waals surface area (Å²) in [6, 6.07) is 14.5. The van der Waals surface area contributed by atoms with Crippen LogP contribution in [0.3, 0.4) is 0 Å². The Morgan fingerprint density at radius 2 is 1.88 bits per heavy atom. The first-order valence-electron chi connectivity index (χ1n) is 8.35. The Kier molecular flexibility index (Phi) is 4.52. The van der Waals surface area contributed by atoms with E-state index in [0.717, 1.165) is 39.1 Å². The van der Waals surface area contributed by atoms with E-state index in [2.05, 4.69) is 56.7 Å². The van der Waals surface area contributed by atoms with Crippen molar-refractivity contribution in [3.63, 3.8) is 0 Å². The molecule has 1 N–H and O–H groups in total. The number of nitrogens with one attached hydrogen (secondary N) is 1. The second kappa shape index (κ2) is 6.93. The molecule has 0 saturated carbocycles. The standard InChI is InChI=1S/C19H21ClN4/c20-19-7-6-16(10-21-19)11-23-9-8-17-13-24(22-18(17)14-23)12-15-4-2-1-3-5-15/h1-7,10,22H,8-9,11-14H2. The molecule has 0 saturated heterocycles. The average molecular weight is 341 g/mol. The average Bonchev–Trinajstić information content (AvgIpc) is 2.99. The largest absolute Gasteiger partial charge is 0.321 e. The molecule has 4 rings (SSSR count). The summed E-state index contributed by atoms with van der Waals surface area (Å²) in [6.07, 6.45) is 3.00. The van der Waals surface area contributed by atoms with Gasteiger partial charge < -0.3 is 5.43 Å². The molecule has 4 nitrogen and oxygen atoms in total. The Morgan fingerprint density at radius 3 is 2.67 bits per heavy atom. The van der Waals surface area contributed by atoms with E-state index < -0.39 is 0 Å². The molecular weight excluding hydrogens is 320 g/mol. The number of hydrazine groups is 1. The first-order chi connectivity index (χ1) is 11.8. The summed E-state index contributed by atoms with van der Waals surface area (Å²) in [5.74, 6) is 0. The lowest BCUT2D eigenvalue weighted by Gasteiger charge is -2.27. The Bertz CT molecular complexity index is 727. The van der Waals surface area contributed by atoms with Crippen molar-refractivity contribution >= 4 is 11.6 Å². The summed E-state index contributed by atoms with van der Waals surface area (Å²) in [5.41, 5.74) is 9.08. The molecule has 124 valence electrons. The number of pyridine rings is 1. The topological polar surface area (TPSA) is 31.4 Å². The van der Waals surface area contributed by atoms with Crippen LogP contribution in [0, 0.1) is 0 Å². The monoisotopic (exact) mass is 340 g/mol. The second-order valence-electron chi connectivity index (χ2n) is 6.49. The van der Waals surface area contributed by atoms with E-state index >= 15 is 0 Å². The fraction of sp³-hybridized carbons (Fsp3) is 0.316. The molecule has 0 radical (unpaired) electrons. The van der Waals surface area contributed by atoms with Crippen molar-refractivity contribution in [2.45, 2.75) is 19.5 Å². The molecule has 0 unspecified atom stereocenters. The summed E-state index contributed by atoms with van der Waals surface area (Å²) in [6.45, 7) is 4.96. The Labute approximate surface area is 147 Å². The van der Waals surface area contributed by atoms with Gasteiger partial charge in [-0.3, -0.25) is 4.90 Å². The molecule has 2 aliphatic rings. The van der Waals surface area contributed by atoms with E-state index in [1.807, 2.05) is 12.3 Å². The summed E-state index contributed by atoms with van der Waals surface area (Å²) in [7, 11) is 0. The lowest BCUT2D eigenvalue weighted by molar-refractivity contribution is 0.234. The maximum absolute atomic E-state index is 5.86. The van der Waals surface area contributed by atoms with Gasteiger partial charge in [0.15, 0.2) is 0 Å². The van der Waals surface area contributed by atoms with Crippen LogP contribution in [-0.2, 0) is 13.1 Å². The van der Waals surface area contributed by atoms with E-state index in [1.165, 1.54) is 16.8 Å². The Balaban J connectivity index is 1.35. The van der Waals surface area contributed by atoms with E-state index in [9.17, 15) is 0 Å². The van der Waals surface area contributed by atoms with Crippen LogP contribution in [0.1, 0.15) is 17.5 Å². The lowest BCUT2D eigenvalue weighted by Crippen LogP contribution is -2.36. The highest BCUT2D eigenvalue weighted by atomic mass is 35.5. The van der Waals surface area contributed by atoms with Crippen LogP contribution in [0.15, 0.2) is 59.9 Å². The number of benzene rings is 1. The van der Waals surface area contributed by atoms with Crippen molar-refractivity contribution in [1.82, 2.24) is 20.3 Å². The van der Waals surface area contributed by atoms with Gasteiger partial charge in [0.05, 0.1) is 0 Å². The molecule has 1 aromatic heterocycles. The number of nitrogens with zero attached hydrogens (tertiary/aromatic N) is 3. The van der Waals surface area contributed by atoms with Crippen LogP contribution >= 0.6 is 11.6 Å². The number of hydrogen-bond acceptors (Lipinski definition) is 4. The molecule has 0 fully saturated rings. The molecule has 0 bridgehead atoms. The number of hydrogen-bond donors (Lipinski definition) is 1. The second-order valence-corrected chi connectivity index (χ2v) is 6.87. The Hall–Kier alpha value is -1.88. The van der Waals surface area contributed by atoms with E-state index in [4.69, 9.17) is 11.6 Å². The molecule has 3 heterocycles. The van der Waals surface area contributed by atoms with Crippen LogP contribution in [0.4, 0.5) is 0 Å². The van der Waals surface area contributed by atoms with Crippen LogP contribution in [0.25, 0.3) is 0 Å². The van der Waals surface area contributed by atoms with Gasteiger partial charge in [0.1, 0.15) is 5.15 Å². The third kappa shape index (κ3) is 3.61. The first-order valence-corrected chi connectivity index (χ1v) is 8.73. The number of aromatic nitrogens is 1.